The van der Waals surface area contributed by atoms with Gasteiger partial charge in [0.2, 0.25) is 0 Å². The second kappa shape index (κ2) is 6.87. The van der Waals surface area contributed by atoms with Gasteiger partial charge >= 0.3 is 0 Å². The molecule has 106 valence electrons. The zero-order chi connectivity index (χ0) is 13.8. The third-order valence-electron chi connectivity index (χ3n) is 3.66. The number of rotatable bonds is 4. The Kier molecular flexibility index (Phi) is 5.43. The van der Waals surface area contributed by atoms with Crippen LogP contribution in [0.3, 0.4) is 0 Å². The topological polar surface area (TPSA) is 15.3 Å². The van der Waals surface area contributed by atoms with Gasteiger partial charge in [-0.1, -0.05) is 24.6 Å². The molecule has 1 aliphatic heterocycles. The van der Waals surface area contributed by atoms with Crippen molar-refractivity contribution in [1.82, 2.24) is 5.32 Å². The van der Waals surface area contributed by atoms with Crippen LogP contribution in [0.15, 0.2) is 18.2 Å². The maximum atomic E-state index is 6.50. The van der Waals surface area contributed by atoms with E-state index in [0.29, 0.717) is 12.1 Å². The molecule has 4 heteroatoms. The van der Waals surface area contributed by atoms with Gasteiger partial charge in [-0.25, -0.2) is 0 Å². The van der Waals surface area contributed by atoms with Crippen LogP contribution in [0.4, 0.5) is 5.69 Å². The highest BCUT2D eigenvalue weighted by molar-refractivity contribution is 7.99. The van der Waals surface area contributed by atoms with Gasteiger partial charge in [0.05, 0.1) is 10.7 Å². The third-order valence-corrected chi connectivity index (χ3v) is 5.15. The van der Waals surface area contributed by atoms with Gasteiger partial charge < -0.3 is 10.2 Å². The number of anilines is 1. The van der Waals surface area contributed by atoms with Crippen molar-refractivity contribution in [3.8, 4) is 0 Å². The first kappa shape index (κ1) is 15.0. The molecule has 0 aromatic heterocycles. The normalized spacial score (nSPS) is 21.5. The van der Waals surface area contributed by atoms with E-state index in [1.807, 2.05) is 11.8 Å². The summed E-state index contributed by atoms with van der Waals surface area (Å²) in [5.74, 6) is 2.38. The molecule has 0 spiro atoms. The van der Waals surface area contributed by atoms with Gasteiger partial charge in [-0.3, -0.25) is 0 Å². The minimum Gasteiger partial charge on any atom is -0.366 e. The molecule has 0 amide bonds. The maximum absolute atomic E-state index is 6.50. The molecular weight excluding hydrogens is 276 g/mol. The number of nitrogens with one attached hydrogen (secondary N) is 1. The molecule has 2 rings (SSSR count). The molecule has 2 nitrogen and oxygen atoms in total. The largest absolute Gasteiger partial charge is 0.366 e. The zero-order valence-corrected chi connectivity index (χ0v) is 13.5. The monoisotopic (exact) mass is 298 g/mol. The maximum Gasteiger partial charge on any atom is 0.0643 e. The Bertz CT molecular complexity index is 425. The van der Waals surface area contributed by atoms with Crippen molar-refractivity contribution in [2.45, 2.75) is 32.9 Å². The van der Waals surface area contributed by atoms with Crippen LogP contribution in [0.5, 0.6) is 0 Å². The first-order valence-corrected chi connectivity index (χ1v) is 8.54. The smallest absolute Gasteiger partial charge is 0.0643 e. The van der Waals surface area contributed by atoms with E-state index in [9.17, 15) is 0 Å². The molecule has 0 radical (unpaired) electrons. The van der Waals surface area contributed by atoms with Crippen LogP contribution in [0.1, 0.15) is 32.4 Å². The summed E-state index contributed by atoms with van der Waals surface area (Å²) in [6.07, 6.45) is 0. The fourth-order valence-electron chi connectivity index (χ4n) is 2.53. The van der Waals surface area contributed by atoms with Gasteiger partial charge in [-0.05, 0) is 38.1 Å². The van der Waals surface area contributed by atoms with Crippen molar-refractivity contribution in [3.05, 3.63) is 28.8 Å². The van der Waals surface area contributed by atoms with Crippen LogP contribution in [0, 0.1) is 0 Å². The molecule has 0 bridgehead atoms. The Morgan fingerprint density at radius 3 is 2.95 bits per heavy atom. The Morgan fingerprint density at radius 1 is 1.53 bits per heavy atom. The zero-order valence-electron chi connectivity index (χ0n) is 11.9. The van der Waals surface area contributed by atoms with Crippen molar-refractivity contribution in [2.75, 3.05) is 29.5 Å². The Morgan fingerprint density at radius 2 is 2.32 bits per heavy atom. The summed E-state index contributed by atoms with van der Waals surface area (Å²) >= 11 is 8.52. The number of thioether (sulfide) groups is 1. The molecule has 1 heterocycles. The molecule has 1 fully saturated rings. The van der Waals surface area contributed by atoms with Crippen molar-refractivity contribution < 1.29 is 0 Å². The Labute approximate surface area is 125 Å². The van der Waals surface area contributed by atoms with Crippen LogP contribution in [-0.2, 0) is 0 Å². The SMILES string of the molecule is CCNC(C)c1ccc(N2CCSCC2C)c(Cl)c1. The van der Waals surface area contributed by atoms with Gasteiger partial charge in [0, 0.05) is 30.1 Å². The van der Waals surface area contributed by atoms with E-state index in [4.69, 9.17) is 11.6 Å². The Balaban J connectivity index is 2.18. The average molecular weight is 299 g/mol. The highest BCUT2D eigenvalue weighted by Crippen LogP contribution is 2.32. The molecule has 1 aromatic carbocycles. The lowest BCUT2D eigenvalue weighted by molar-refractivity contribution is 0.598. The van der Waals surface area contributed by atoms with Gasteiger partial charge in [-0.2, -0.15) is 11.8 Å². The highest BCUT2D eigenvalue weighted by Gasteiger charge is 2.21. The lowest BCUT2D eigenvalue weighted by Crippen LogP contribution is -2.40. The van der Waals surface area contributed by atoms with E-state index in [-0.39, 0.29) is 0 Å². The predicted octanol–water partition coefficient (Wildman–Crippen LogP) is 3.95. The van der Waals surface area contributed by atoms with Crippen LogP contribution in [-0.4, -0.2) is 30.6 Å². The fraction of sp³-hybridized carbons (Fsp3) is 0.600. The quantitative estimate of drug-likeness (QED) is 0.906. The molecular formula is C15H23ClN2S. The summed E-state index contributed by atoms with van der Waals surface area (Å²) in [4.78, 5) is 2.43. The summed E-state index contributed by atoms with van der Waals surface area (Å²) in [7, 11) is 0. The van der Waals surface area contributed by atoms with E-state index in [1.54, 1.807) is 0 Å². The number of benzene rings is 1. The summed E-state index contributed by atoms with van der Waals surface area (Å²) < 4.78 is 0. The van der Waals surface area contributed by atoms with E-state index >= 15 is 0 Å². The Hall–Kier alpha value is -0.380. The predicted molar refractivity (Wildman–Crippen MR) is 87.7 cm³/mol. The first-order chi connectivity index (χ1) is 9.13. The van der Waals surface area contributed by atoms with Gasteiger partial charge in [-0.15, -0.1) is 0 Å². The van der Waals surface area contributed by atoms with Crippen molar-refractivity contribution in [3.63, 3.8) is 0 Å². The van der Waals surface area contributed by atoms with Crippen LogP contribution < -0.4 is 10.2 Å². The summed E-state index contributed by atoms with van der Waals surface area (Å²) in [5.41, 5.74) is 2.44. The van der Waals surface area contributed by atoms with Crippen LogP contribution in [0.25, 0.3) is 0 Å². The second-order valence-corrected chi connectivity index (χ2v) is 6.66. The molecule has 2 atom stereocenters. The van der Waals surface area contributed by atoms with E-state index in [2.05, 4.69) is 49.2 Å². The van der Waals surface area contributed by atoms with Crippen LogP contribution >= 0.6 is 23.4 Å². The molecule has 1 N–H and O–H groups in total. The first-order valence-electron chi connectivity index (χ1n) is 7.00. The van der Waals surface area contributed by atoms with Crippen molar-refractivity contribution in [2.24, 2.45) is 0 Å². The summed E-state index contributed by atoms with van der Waals surface area (Å²) in [6, 6.07) is 7.40. The molecule has 1 saturated heterocycles. The molecule has 1 aromatic rings. The minimum absolute atomic E-state index is 0.353. The minimum atomic E-state index is 0.353. The van der Waals surface area contributed by atoms with Gasteiger partial charge in [0.15, 0.2) is 0 Å². The third kappa shape index (κ3) is 3.59. The summed E-state index contributed by atoms with van der Waals surface area (Å²) in [6.45, 7) is 8.64. The molecule has 1 aliphatic rings. The van der Waals surface area contributed by atoms with Crippen molar-refractivity contribution >= 4 is 29.1 Å². The highest BCUT2D eigenvalue weighted by atomic mass is 35.5. The fourth-order valence-corrected chi connectivity index (χ4v) is 3.85. The van der Waals surface area contributed by atoms with Crippen molar-refractivity contribution in [1.29, 1.82) is 0 Å². The lowest BCUT2D eigenvalue weighted by atomic mass is 10.1. The van der Waals surface area contributed by atoms with Crippen LogP contribution in [0.2, 0.25) is 5.02 Å². The van der Waals surface area contributed by atoms with E-state index < -0.39 is 0 Å². The standard InChI is InChI=1S/C15H23ClN2S/c1-4-17-12(3)13-5-6-15(14(16)9-13)18-7-8-19-10-11(18)2/h5-6,9,11-12,17H,4,7-8,10H2,1-3H3. The van der Waals surface area contributed by atoms with Gasteiger partial charge in [0.25, 0.3) is 0 Å². The van der Waals surface area contributed by atoms with E-state index in [1.165, 1.54) is 22.8 Å². The number of hydrogen-bond donors (Lipinski definition) is 1. The molecule has 2 unspecified atom stereocenters. The number of hydrogen-bond acceptors (Lipinski definition) is 3. The van der Waals surface area contributed by atoms with E-state index in [0.717, 1.165) is 18.1 Å². The van der Waals surface area contributed by atoms with Gasteiger partial charge in [0.1, 0.15) is 0 Å². The molecule has 0 aliphatic carbocycles. The average Bonchev–Trinajstić information content (AvgIpc) is 2.40. The molecule has 19 heavy (non-hydrogen) atoms. The number of nitrogens with zero attached hydrogens (tertiary/aromatic N) is 1. The second-order valence-electron chi connectivity index (χ2n) is 5.11. The molecule has 0 saturated carbocycles. The number of halogens is 1. The summed E-state index contributed by atoms with van der Waals surface area (Å²) in [5, 5.41) is 4.30. The lowest BCUT2D eigenvalue weighted by Gasteiger charge is -2.35.